The Kier molecular flexibility index (Phi) is 4.83. The molecule has 2 fully saturated rings. The number of nitrogens with one attached hydrogen (secondary N) is 1. The van der Waals surface area contributed by atoms with Gasteiger partial charge in [-0.1, -0.05) is 23.4 Å². The minimum atomic E-state index is -1.10. The molecule has 1 N–H and O–H groups in total. The lowest BCUT2D eigenvalue weighted by atomic mass is 9.94. The zero-order chi connectivity index (χ0) is 21.7. The van der Waals surface area contributed by atoms with Crippen LogP contribution in [0.5, 0.6) is 0 Å². The smallest absolute Gasteiger partial charge is 0.227 e. The van der Waals surface area contributed by atoms with Gasteiger partial charge in [0.05, 0.1) is 5.54 Å². The second-order valence-electron chi connectivity index (χ2n) is 9.09. The van der Waals surface area contributed by atoms with Gasteiger partial charge < -0.3 is 19.2 Å². The van der Waals surface area contributed by atoms with Crippen molar-refractivity contribution in [3.05, 3.63) is 46.7 Å². The summed E-state index contributed by atoms with van der Waals surface area (Å²) in [4.78, 5) is 23.4. The van der Waals surface area contributed by atoms with Gasteiger partial charge in [0, 0.05) is 30.8 Å². The number of hydrogen-bond donors (Lipinski definition) is 1. The molecule has 0 radical (unpaired) electrons. The van der Waals surface area contributed by atoms with Crippen molar-refractivity contribution >= 4 is 33.9 Å². The van der Waals surface area contributed by atoms with E-state index in [1.807, 2.05) is 18.2 Å². The Morgan fingerprint density at radius 3 is 2.81 bits per heavy atom. The van der Waals surface area contributed by atoms with Gasteiger partial charge in [0.1, 0.15) is 29.3 Å². The van der Waals surface area contributed by atoms with Crippen LogP contribution < -0.4 is 10.2 Å². The SMILES string of the molecule is O=NCC1(Nc2nc(N3CCC(c4cc5ccccc5o4)CC3)nc3c2[S+]([O-])CC3)CC1. The molecule has 1 unspecified atom stereocenters. The molecule has 1 saturated carbocycles. The summed E-state index contributed by atoms with van der Waals surface area (Å²) in [6.07, 6.45) is 4.38. The highest BCUT2D eigenvalue weighted by molar-refractivity contribution is 7.91. The van der Waals surface area contributed by atoms with Gasteiger partial charge in [-0.2, -0.15) is 9.89 Å². The normalized spacial score (nSPS) is 22.2. The second-order valence-corrected chi connectivity index (χ2v) is 10.6. The minimum absolute atomic E-state index is 0.205. The van der Waals surface area contributed by atoms with Gasteiger partial charge in [0.25, 0.3) is 0 Å². The number of aryl methyl sites for hydroxylation is 1. The average Bonchev–Trinajstić information content (AvgIpc) is 3.25. The molecule has 2 aliphatic heterocycles. The molecule has 1 aliphatic carbocycles. The number of aromatic nitrogens is 2. The van der Waals surface area contributed by atoms with Gasteiger partial charge in [0.2, 0.25) is 10.8 Å². The summed E-state index contributed by atoms with van der Waals surface area (Å²) < 4.78 is 18.7. The van der Waals surface area contributed by atoms with Crippen molar-refractivity contribution in [3.8, 4) is 0 Å². The molecule has 1 atom stereocenters. The maximum Gasteiger partial charge on any atom is 0.227 e. The Bertz CT molecular complexity index is 1140. The maximum atomic E-state index is 12.6. The Balaban J connectivity index is 1.22. The van der Waals surface area contributed by atoms with E-state index in [0.717, 1.165) is 61.2 Å². The molecule has 3 aliphatic rings. The van der Waals surface area contributed by atoms with Gasteiger partial charge in [-0.25, -0.2) is 4.98 Å². The lowest BCUT2D eigenvalue weighted by Gasteiger charge is -2.31. The van der Waals surface area contributed by atoms with Crippen molar-refractivity contribution in [1.29, 1.82) is 0 Å². The molecular formula is C23H25N5O3S. The predicted molar refractivity (Wildman–Crippen MR) is 124 cm³/mol. The molecule has 2 aromatic heterocycles. The van der Waals surface area contributed by atoms with Gasteiger partial charge in [-0.15, -0.1) is 0 Å². The highest BCUT2D eigenvalue weighted by atomic mass is 32.2. The summed E-state index contributed by atoms with van der Waals surface area (Å²) in [6.45, 7) is 1.88. The van der Waals surface area contributed by atoms with Gasteiger partial charge in [0.15, 0.2) is 5.82 Å². The summed E-state index contributed by atoms with van der Waals surface area (Å²) in [7, 11) is 0. The fourth-order valence-corrected chi connectivity index (χ4v) is 6.13. The van der Waals surface area contributed by atoms with E-state index >= 15 is 0 Å². The number of nitrogens with zero attached hydrogens (tertiary/aromatic N) is 4. The highest BCUT2D eigenvalue weighted by Crippen LogP contribution is 2.42. The number of furan rings is 1. The first-order valence-electron chi connectivity index (χ1n) is 11.2. The monoisotopic (exact) mass is 451 g/mol. The van der Waals surface area contributed by atoms with E-state index in [4.69, 9.17) is 14.4 Å². The van der Waals surface area contributed by atoms with E-state index in [1.54, 1.807) is 0 Å². The maximum absolute atomic E-state index is 12.6. The van der Waals surface area contributed by atoms with E-state index in [2.05, 4.69) is 27.5 Å². The van der Waals surface area contributed by atoms with Crippen molar-refractivity contribution in [1.82, 2.24) is 9.97 Å². The van der Waals surface area contributed by atoms with Crippen molar-refractivity contribution in [3.63, 3.8) is 0 Å². The van der Waals surface area contributed by atoms with Crippen LogP contribution in [0.3, 0.4) is 0 Å². The predicted octanol–water partition coefficient (Wildman–Crippen LogP) is 3.98. The van der Waals surface area contributed by atoms with Crippen LogP contribution in [0, 0.1) is 4.91 Å². The number of benzene rings is 1. The molecule has 166 valence electrons. The third kappa shape index (κ3) is 3.53. The first-order chi connectivity index (χ1) is 15.6. The van der Waals surface area contributed by atoms with E-state index in [-0.39, 0.29) is 12.1 Å². The van der Waals surface area contributed by atoms with E-state index in [0.29, 0.717) is 34.8 Å². The number of hydrogen-bond acceptors (Lipinski definition) is 8. The average molecular weight is 452 g/mol. The number of rotatable bonds is 6. The summed E-state index contributed by atoms with van der Waals surface area (Å²) in [6, 6.07) is 10.3. The van der Waals surface area contributed by atoms with Crippen LogP contribution in [0.1, 0.15) is 43.1 Å². The summed E-state index contributed by atoms with van der Waals surface area (Å²) >= 11 is -1.10. The molecule has 32 heavy (non-hydrogen) atoms. The van der Waals surface area contributed by atoms with E-state index in [9.17, 15) is 9.46 Å². The van der Waals surface area contributed by atoms with Gasteiger partial charge in [-0.05, 0) is 49.0 Å². The Hall–Kier alpha value is -2.65. The third-order valence-corrected chi connectivity index (χ3v) is 8.36. The topological polar surface area (TPSA) is 107 Å². The quantitative estimate of drug-likeness (QED) is 0.446. The van der Waals surface area contributed by atoms with Crippen molar-refractivity contribution in [2.24, 2.45) is 5.18 Å². The molecule has 1 saturated heterocycles. The van der Waals surface area contributed by atoms with Crippen molar-refractivity contribution < 1.29 is 8.97 Å². The van der Waals surface area contributed by atoms with Crippen molar-refractivity contribution in [2.75, 3.05) is 35.6 Å². The standard InChI is InChI=1S/C23H25N5O3S/c29-24-14-23(8-9-23)27-21-20-17(7-12-32(20)30)25-22(26-21)28-10-5-15(6-11-28)19-13-16-3-1-2-4-18(16)31-19/h1-4,13,15H,5-12,14H2,(H,25,26,27). The van der Waals surface area contributed by atoms with Gasteiger partial charge >= 0.3 is 0 Å². The summed E-state index contributed by atoms with van der Waals surface area (Å²) in [5, 5.41) is 7.65. The first-order valence-corrected chi connectivity index (χ1v) is 12.6. The number of piperidine rings is 1. The third-order valence-electron chi connectivity index (χ3n) is 6.90. The molecule has 8 nitrogen and oxygen atoms in total. The van der Waals surface area contributed by atoms with Crippen LogP contribution in [-0.4, -0.2) is 45.4 Å². The van der Waals surface area contributed by atoms with E-state index < -0.39 is 11.2 Å². The highest BCUT2D eigenvalue weighted by Gasteiger charge is 2.46. The molecule has 3 aromatic rings. The van der Waals surface area contributed by atoms with Gasteiger partial charge in [-0.3, -0.25) is 0 Å². The number of fused-ring (bicyclic) bond motifs is 2. The fourth-order valence-electron chi connectivity index (χ4n) is 4.83. The Morgan fingerprint density at radius 2 is 2.06 bits per heavy atom. The number of nitroso groups, excluding NO2 is 1. The molecule has 9 heteroatoms. The van der Waals surface area contributed by atoms with Crippen molar-refractivity contribution in [2.45, 2.75) is 48.5 Å². The Labute approximate surface area is 188 Å². The molecule has 6 rings (SSSR count). The number of para-hydroxylation sites is 1. The first kappa shape index (κ1) is 20.0. The summed E-state index contributed by atoms with van der Waals surface area (Å²) in [5.41, 5.74) is 1.47. The Morgan fingerprint density at radius 1 is 1.25 bits per heavy atom. The van der Waals surface area contributed by atoms with Crippen LogP contribution in [0.15, 0.2) is 44.8 Å². The molecule has 1 aromatic carbocycles. The van der Waals surface area contributed by atoms with Crippen LogP contribution in [0.2, 0.25) is 0 Å². The zero-order valence-corrected chi connectivity index (χ0v) is 18.6. The lowest BCUT2D eigenvalue weighted by Crippen LogP contribution is -2.35. The fraction of sp³-hybridized carbons (Fsp3) is 0.478. The molecular weight excluding hydrogens is 426 g/mol. The van der Waals surface area contributed by atoms with E-state index in [1.165, 1.54) is 0 Å². The minimum Gasteiger partial charge on any atom is -0.611 e. The van der Waals surface area contributed by atoms with Crippen LogP contribution in [0.4, 0.5) is 11.8 Å². The lowest BCUT2D eigenvalue weighted by molar-refractivity contribution is 0.419. The molecule has 0 amide bonds. The second kappa shape index (κ2) is 7.74. The molecule has 0 spiro atoms. The van der Waals surface area contributed by atoms with Crippen LogP contribution in [-0.2, 0) is 17.6 Å². The molecule has 4 heterocycles. The largest absolute Gasteiger partial charge is 0.611 e. The van der Waals surface area contributed by atoms with Crippen LogP contribution in [0.25, 0.3) is 11.0 Å². The number of anilines is 2. The zero-order valence-electron chi connectivity index (χ0n) is 17.7. The summed E-state index contributed by atoms with van der Waals surface area (Å²) in [5.74, 6) is 3.32. The molecule has 0 bridgehead atoms. The van der Waals surface area contributed by atoms with Crippen LogP contribution >= 0.6 is 0 Å².